The Balaban J connectivity index is 1.46. The van der Waals surface area contributed by atoms with E-state index in [0.29, 0.717) is 57.4 Å². The van der Waals surface area contributed by atoms with Crippen molar-refractivity contribution in [3.8, 4) is 17.2 Å². The molecule has 1 aliphatic rings. The third-order valence-corrected chi connectivity index (χ3v) is 5.43. The number of benzene rings is 2. The van der Waals surface area contributed by atoms with Crippen LogP contribution in [0.15, 0.2) is 42.5 Å². The molecule has 0 saturated carbocycles. The monoisotopic (exact) mass is 425 g/mol. The first kappa shape index (κ1) is 19.7. The van der Waals surface area contributed by atoms with Crippen LogP contribution in [0, 0.1) is 6.92 Å². The van der Waals surface area contributed by atoms with E-state index in [1.54, 1.807) is 49.4 Å². The van der Waals surface area contributed by atoms with E-state index in [0.717, 1.165) is 11.3 Å². The van der Waals surface area contributed by atoms with E-state index >= 15 is 0 Å². The molecule has 8 nitrogen and oxygen atoms in total. The second-order valence-electron chi connectivity index (χ2n) is 6.43. The van der Waals surface area contributed by atoms with E-state index in [2.05, 4.69) is 15.6 Å². The van der Waals surface area contributed by atoms with Gasteiger partial charge in [-0.1, -0.05) is 17.4 Å². The molecule has 0 unspecified atom stereocenters. The highest BCUT2D eigenvalue weighted by atomic mass is 32.1. The smallest absolute Gasteiger partial charge is 0.267 e. The van der Waals surface area contributed by atoms with Crippen molar-refractivity contribution in [2.45, 2.75) is 6.92 Å². The van der Waals surface area contributed by atoms with Crippen LogP contribution in [-0.4, -0.2) is 37.1 Å². The number of ether oxygens (including phenoxy) is 3. The minimum atomic E-state index is -0.332. The van der Waals surface area contributed by atoms with Crippen molar-refractivity contribution >= 4 is 34.0 Å². The molecule has 2 heterocycles. The number of thiazole rings is 1. The zero-order chi connectivity index (χ0) is 21.1. The van der Waals surface area contributed by atoms with Gasteiger partial charge in [0.2, 0.25) is 0 Å². The van der Waals surface area contributed by atoms with Gasteiger partial charge in [0.1, 0.15) is 23.8 Å². The average Bonchev–Trinajstić information content (AvgIpc) is 3.13. The number of carbonyl (C=O) groups is 2. The molecule has 0 saturated heterocycles. The van der Waals surface area contributed by atoms with Crippen LogP contribution < -0.4 is 24.8 Å². The summed E-state index contributed by atoms with van der Waals surface area (Å²) in [5, 5.41) is 5.90. The van der Waals surface area contributed by atoms with Crippen molar-refractivity contribution in [1.82, 2.24) is 4.98 Å². The number of anilines is 2. The first-order chi connectivity index (χ1) is 14.5. The average molecular weight is 425 g/mol. The molecule has 0 spiro atoms. The third kappa shape index (κ3) is 4.20. The maximum Gasteiger partial charge on any atom is 0.267 e. The van der Waals surface area contributed by atoms with Crippen LogP contribution in [0.25, 0.3) is 0 Å². The van der Waals surface area contributed by atoms with E-state index in [1.807, 2.05) is 0 Å². The number of rotatable bonds is 5. The van der Waals surface area contributed by atoms with E-state index in [4.69, 9.17) is 14.2 Å². The van der Waals surface area contributed by atoms with Gasteiger partial charge in [-0.05, 0) is 37.3 Å². The van der Waals surface area contributed by atoms with Gasteiger partial charge < -0.3 is 19.5 Å². The molecule has 0 atom stereocenters. The quantitative estimate of drug-likeness (QED) is 0.646. The number of amides is 2. The van der Waals surface area contributed by atoms with Crippen LogP contribution in [0.3, 0.4) is 0 Å². The summed E-state index contributed by atoms with van der Waals surface area (Å²) < 4.78 is 16.2. The van der Waals surface area contributed by atoms with Crippen LogP contribution in [0.4, 0.5) is 10.8 Å². The maximum absolute atomic E-state index is 12.7. The Bertz CT molecular complexity index is 1110. The standard InChI is InChI=1S/C21H19N3O5S/c1-12-18(20(26)23-14-6-7-16-17(11-14)29-9-8-28-16)30-21(22-12)24-19(25)13-4-3-5-15(10-13)27-2/h3-7,10-11H,8-9H2,1-2H3,(H,23,26)(H,22,24,25). The summed E-state index contributed by atoms with van der Waals surface area (Å²) in [4.78, 5) is 29.9. The van der Waals surface area contributed by atoms with E-state index in [-0.39, 0.29) is 11.8 Å². The van der Waals surface area contributed by atoms with Gasteiger partial charge >= 0.3 is 0 Å². The Kier molecular flexibility index (Phi) is 5.53. The lowest BCUT2D eigenvalue weighted by molar-refractivity contribution is 0.101. The molecular weight excluding hydrogens is 406 g/mol. The second-order valence-corrected chi connectivity index (χ2v) is 7.43. The lowest BCUT2D eigenvalue weighted by Crippen LogP contribution is -2.16. The van der Waals surface area contributed by atoms with Gasteiger partial charge in [-0.2, -0.15) is 0 Å². The van der Waals surface area contributed by atoms with E-state index in [9.17, 15) is 9.59 Å². The third-order valence-electron chi connectivity index (χ3n) is 4.36. The minimum absolute atomic E-state index is 0.316. The first-order valence-electron chi connectivity index (χ1n) is 9.17. The van der Waals surface area contributed by atoms with Crippen LogP contribution >= 0.6 is 11.3 Å². The highest BCUT2D eigenvalue weighted by Crippen LogP contribution is 2.33. The van der Waals surface area contributed by atoms with E-state index in [1.165, 1.54) is 7.11 Å². The van der Waals surface area contributed by atoms with Gasteiger partial charge in [-0.15, -0.1) is 0 Å². The Hall–Kier alpha value is -3.59. The molecule has 154 valence electrons. The summed E-state index contributed by atoms with van der Waals surface area (Å²) in [6, 6.07) is 12.0. The van der Waals surface area contributed by atoms with E-state index < -0.39 is 0 Å². The summed E-state index contributed by atoms with van der Waals surface area (Å²) in [7, 11) is 1.54. The Morgan fingerprint density at radius 1 is 1.03 bits per heavy atom. The summed E-state index contributed by atoms with van der Waals surface area (Å²) in [6.45, 7) is 2.69. The molecule has 1 aromatic heterocycles. The number of methoxy groups -OCH3 is 1. The van der Waals surface area contributed by atoms with Crippen molar-refractivity contribution in [2.24, 2.45) is 0 Å². The number of nitrogens with one attached hydrogen (secondary N) is 2. The Morgan fingerprint density at radius 3 is 2.63 bits per heavy atom. The second kappa shape index (κ2) is 8.42. The Morgan fingerprint density at radius 2 is 1.83 bits per heavy atom. The summed E-state index contributed by atoms with van der Waals surface area (Å²) in [5.41, 5.74) is 1.54. The predicted molar refractivity (Wildman–Crippen MR) is 113 cm³/mol. The van der Waals surface area contributed by atoms with Gasteiger partial charge in [0.05, 0.1) is 12.8 Å². The number of hydrogen-bond acceptors (Lipinski definition) is 7. The number of nitrogens with zero attached hydrogens (tertiary/aromatic N) is 1. The molecule has 2 aromatic carbocycles. The van der Waals surface area contributed by atoms with Crippen LogP contribution in [0.2, 0.25) is 0 Å². The first-order valence-corrected chi connectivity index (χ1v) is 9.99. The van der Waals surface area contributed by atoms with Crippen molar-refractivity contribution in [3.63, 3.8) is 0 Å². The molecule has 2 N–H and O–H groups in total. The maximum atomic E-state index is 12.7. The normalized spacial score (nSPS) is 12.2. The lowest BCUT2D eigenvalue weighted by Gasteiger charge is -2.18. The van der Waals surface area contributed by atoms with Gasteiger partial charge in [-0.25, -0.2) is 4.98 Å². The summed E-state index contributed by atoms with van der Waals surface area (Å²) in [6.07, 6.45) is 0. The largest absolute Gasteiger partial charge is 0.497 e. The number of carbonyl (C=O) groups excluding carboxylic acids is 2. The van der Waals surface area contributed by atoms with Crippen molar-refractivity contribution in [1.29, 1.82) is 0 Å². The SMILES string of the molecule is COc1cccc(C(=O)Nc2nc(C)c(C(=O)Nc3ccc4c(c3)OCCO4)s2)c1. The zero-order valence-corrected chi connectivity index (χ0v) is 17.2. The fourth-order valence-corrected chi connectivity index (χ4v) is 3.76. The molecule has 4 rings (SSSR count). The van der Waals surface area contributed by atoms with Gasteiger partial charge in [0.25, 0.3) is 11.8 Å². The molecule has 0 radical (unpaired) electrons. The van der Waals surface area contributed by atoms with Crippen LogP contribution in [-0.2, 0) is 0 Å². The number of aromatic nitrogens is 1. The molecule has 0 aliphatic carbocycles. The molecule has 9 heteroatoms. The summed E-state index contributed by atoms with van der Waals surface area (Å²) >= 11 is 1.11. The van der Waals surface area contributed by atoms with Gasteiger partial charge in [-0.3, -0.25) is 14.9 Å². The lowest BCUT2D eigenvalue weighted by atomic mass is 10.2. The molecule has 30 heavy (non-hydrogen) atoms. The molecule has 0 bridgehead atoms. The molecule has 2 amide bonds. The number of hydrogen-bond donors (Lipinski definition) is 2. The topological polar surface area (TPSA) is 98.8 Å². The highest BCUT2D eigenvalue weighted by Gasteiger charge is 2.19. The molecule has 1 aliphatic heterocycles. The van der Waals surface area contributed by atoms with Gasteiger partial charge in [0, 0.05) is 17.3 Å². The molecular formula is C21H19N3O5S. The highest BCUT2D eigenvalue weighted by molar-refractivity contribution is 7.17. The molecule has 0 fully saturated rings. The predicted octanol–water partition coefficient (Wildman–Crippen LogP) is 3.74. The fraction of sp³-hybridized carbons (Fsp3) is 0.190. The van der Waals surface area contributed by atoms with Gasteiger partial charge in [0.15, 0.2) is 16.6 Å². The van der Waals surface area contributed by atoms with Crippen molar-refractivity contribution in [3.05, 3.63) is 58.6 Å². The number of fused-ring (bicyclic) bond motifs is 1. The van der Waals surface area contributed by atoms with Crippen molar-refractivity contribution in [2.75, 3.05) is 31.0 Å². The number of aryl methyl sites for hydroxylation is 1. The minimum Gasteiger partial charge on any atom is -0.497 e. The molecule has 3 aromatic rings. The van der Waals surface area contributed by atoms with Crippen molar-refractivity contribution < 1.29 is 23.8 Å². The zero-order valence-electron chi connectivity index (χ0n) is 16.4. The summed E-state index contributed by atoms with van der Waals surface area (Å²) in [5.74, 6) is 1.17. The Labute approximate surface area is 176 Å². The van der Waals surface area contributed by atoms with Crippen LogP contribution in [0.5, 0.6) is 17.2 Å². The van der Waals surface area contributed by atoms with Crippen LogP contribution in [0.1, 0.15) is 25.7 Å². The fourth-order valence-electron chi connectivity index (χ4n) is 2.90.